The highest BCUT2D eigenvalue weighted by molar-refractivity contribution is 5.88. The van der Waals surface area contributed by atoms with Gasteiger partial charge in [0.1, 0.15) is 0 Å². The van der Waals surface area contributed by atoms with E-state index in [-0.39, 0.29) is 18.4 Å². The summed E-state index contributed by atoms with van der Waals surface area (Å²) in [7, 11) is 0. The van der Waals surface area contributed by atoms with Crippen LogP contribution in [0.2, 0.25) is 0 Å². The van der Waals surface area contributed by atoms with Crippen molar-refractivity contribution in [3.05, 3.63) is 23.8 Å². The van der Waals surface area contributed by atoms with Gasteiger partial charge in [-0.2, -0.15) is 0 Å². The van der Waals surface area contributed by atoms with Crippen molar-refractivity contribution in [3.8, 4) is 11.5 Å². The van der Waals surface area contributed by atoms with E-state index in [4.69, 9.17) is 19.7 Å². The quantitative estimate of drug-likeness (QED) is 0.847. The third-order valence-electron chi connectivity index (χ3n) is 2.64. The van der Waals surface area contributed by atoms with Gasteiger partial charge >= 0.3 is 11.9 Å². The molecular formula is C12H12O6. The van der Waals surface area contributed by atoms with Gasteiger partial charge in [-0.15, -0.1) is 0 Å². The van der Waals surface area contributed by atoms with Gasteiger partial charge in [0.05, 0.1) is 12.0 Å². The van der Waals surface area contributed by atoms with E-state index in [1.54, 1.807) is 6.92 Å². The molecule has 0 amide bonds. The summed E-state index contributed by atoms with van der Waals surface area (Å²) < 4.78 is 11.0. The molecule has 0 saturated carbocycles. The molecule has 0 aromatic heterocycles. The fraction of sp³-hybridized carbons (Fsp3) is 0.333. The Balaban J connectivity index is 2.16. The van der Waals surface area contributed by atoms with Gasteiger partial charge in [0.15, 0.2) is 11.5 Å². The third-order valence-corrected chi connectivity index (χ3v) is 2.64. The highest BCUT2D eigenvalue weighted by Gasteiger charge is 2.37. The van der Waals surface area contributed by atoms with Crippen molar-refractivity contribution in [1.29, 1.82) is 0 Å². The van der Waals surface area contributed by atoms with Crippen molar-refractivity contribution in [2.24, 2.45) is 0 Å². The first-order valence-electron chi connectivity index (χ1n) is 5.37. The van der Waals surface area contributed by atoms with Crippen molar-refractivity contribution >= 4 is 11.9 Å². The number of benzene rings is 1. The summed E-state index contributed by atoms with van der Waals surface area (Å²) in [6.07, 6.45) is 0.0930. The second-order valence-corrected chi connectivity index (χ2v) is 4.20. The van der Waals surface area contributed by atoms with Gasteiger partial charge in [-0.25, -0.2) is 4.79 Å². The minimum atomic E-state index is -1.06. The maximum Gasteiger partial charge on any atom is 0.335 e. The molecule has 0 bridgehead atoms. The zero-order valence-corrected chi connectivity index (χ0v) is 9.67. The Morgan fingerprint density at radius 1 is 1.22 bits per heavy atom. The van der Waals surface area contributed by atoms with Crippen LogP contribution in [0.4, 0.5) is 0 Å². The second-order valence-electron chi connectivity index (χ2n) is 4.20. The molecule has 0 saturated heterocycles. The Morgan fingerprint density at radius 2 is 1.89 bits per heavy atom. The summed E-state index contributed by atoms with van der Waals surface area (Å²) in [5, 5.41) is 17.5. The maximum atomic E-state index is 10.8. The van der Waals surface area contributed by atoms with E-state index >= 15 is 0 Å². The smallest absolute Gasteiger partial charge is 0.335 e. The number of aliphatic carboxylic acids is 1. The molecule has 1 aromatic rings. The highest BCUT2D eigenvalue weighted by Crippen LogP contribution is 2.41. The molecule has 6 nitrogen and oxygen atoms in total. The van der Waals surface area contributed by atoms with Crippen molar-refractivity contribution in [3.63, 3.8) is 0 Å². The van der Waals surface area contributed by atoms with Gasteiger partial charge in [0, 0.05) is 13.3 Å². The molecule has 1 aromatic carbocycles. The molecule has 0 radical (unpaired) electrons. The zero-order chi connectivity index (χ0) is 13.3. The van der Waals surface area contributed by atoms with Crippen LogP contribution >= 0.6 is 0 Å². The summed E-state index contributed by atoms with van der Waals surface area (Å²) >= 11 is 0. The molecule has 1 aliphatic rings. The molecule has 1 aliphatic heterocycles. The number of hydrogen-bond donors (Lipinski definition) is 2. The number of ether oxygens (including phenoxy) is 2. The molecule has 1 heterocycles. The molecule has 0 spiro atoms. The summed E-state index contributed by atoms with van der Waals surface area (Å²) in [5.41, 5.74) is 0.0971. The van der Waals surface area contributed by atoms with E-state index in [0.29, 0.717) is 11.5 Å². The van der Waals surface area contributed by atoms with Crippen molar-refractivity contribution in [2.45, 2.75) is 25.6 Å². The van der Waals surface area contributed by atoms with E-state index in [1.807, 2.05) is 0 Å². The van der Waals surface area contributed by atoms with Gasteiger partial charge in [0.2, 0.25) is 5.79 Å². The number of carbonyl (C=O) groups is 2. The second kappa shape index (κ2) is 4.21. The Hall–Kier alpha value is -2.24. The molecule has 2 N–H and O–H groups in total. The predicted octanol–water partition coefficient (Wildman–Crippen LogP) is 1.74. The largest absolute Gasteiger partial charge is 0.481 e. The minimum Gasteiger partial charge on any atom is -0.481 e. The number of rotatable bonds is 4. The minimum absolute atomic E-state index is 0.0870. The van der Waals surface area contributed by atoms with Gasteiger partial charge in [-0.05, 0) is 18.2 Å². The Bertz CT molecular complexity index is 509. The van der Waals surface area contributed by atoms with E-state index in [0.717, 1.165) is 0 Å². The van der Waals surface area contributed by atoms with Crippen LogP contribution in [-0.4, -0.2) is 27.9 Å². The molecule has 0 fully saturated rings. The number of carboxylic acid groups (broad SMARTS) is 2. The van der Waals surface area contributed by atoms with Crippen molar-refractivity contribution in [2.75, 3.05) is 0 Å². The lowest BCUT2D eigenvalue weighted by atomic mass is 10.2. The lowest BCUT2D eigenvalue weighted by Gasteiger charge is -2.21. The third kappa shape index (κ3) is 2.37. The first-order valence-corrected chi connectivity index (χ1v) is 5.37. The monoisotopic (exact) mass is 252 g/mol. The fourth-order valence-corrected chi connectivity index (χ4v) is 1.73. The van der Waals surface area contributed by atoms with E-state index < -0.39 is 17.7 Å². The van der Waals surface area contributed by atoms with E-state index in [2.05, 4.69) is 0 Å². The molecular weight excluding hydrogens is 240 g/mol. The normalized spacial score (nSPS) is 20.7. The average molecular weight is 252 g/mol. The summed E-state index contributed by atoms with van der Waals surface area (Å²) in [6, 6.07) is 4.28. The van der Waals surface area contributed by atoms with Gasteiger partial charge in [-0.3, -0.25) is 4.79 Å². The molecule has 96 valence electrons. The first kappa shape index (κ1) is 12.2. The van der Waals surface area contributed by atoms with Crippen LogP contribution in [-0.2, 0) is 4.79 Å². The van der Waals surface area contributed by atoms with E-state index in [9.17, 15) is 9.59 Å². The number of carboxylic acids is 2. The highest BCUT2D eigenvalue weighted by atomic mass is 16.7. The van der Waals surface area contributed by atoms with Crippen LogP contribution in [0.15, 0.2) is 18.2 Å². The molecule has 2 rings (SSSR count). The SMILES string of the molecule is C[C@@]1(CCC(=O)O)Oc2ccc(C(=O)O)cc2O1. The molecule has 0 unspecified atom stereocenters. The van der Waals surface area contributed by atoms with Crippen LogP contribution in [0, 0.1) is 0 Å². The Labute approximate surface area is 103 Å². The van der Waals surface area contributed by atoms with Gasteiger partial charge < -0.3 is 19.7 Å². The standard InChI is InChI=1S/C12H12O6/c1-12(5-4-10(13)14)17-8-3-2-7(11(15)16)6-9(8)18-12/h2-3,6H,4-5H2,1H3,(H,13,14)(H,15,16)/t12-/m1/s1. The van der Waals surface area contributed by atoms with Crippen LogP contribution in [0.3, 0.4) is 0 Å². The Kier molecular flexibility index (Phi) is 2.86. The lowest BCUT2D eigenvalue weighted by molar-refractivity contribution is -0.140. The lowest BCUT2D eigenvalue weighted by Crippen LogP contribution is -2.35. The topological polar surface area (TPSA) is 93.1 Å². The maximum absolute atomic E-state index is 10.8. The number of fused-ring (bicyclic) bond motifs is 1. The average Bonchev–Trinajstić information content (AvgIpc) is 2.62. The number of aromatic carboxylic acids is 1. The van der Waals surface area contributed by atoms with Crippen LogP contribution in [0.1, 0.15) is 30.1 Å². The molecule has 18 heavy (non-hydrogen) atoms. The van der Waals surface area contributed by atoms with Crippen molar-refractivity contribution in [1.82, 2.24) is 0 Å². The van der Waals surface area contributed by atoms with Crippen LogP contribution in [0.5, 0.6) is 11.5 Å². The zero-order valence-electron chi connectivity index (χ0n) is 9.67. The fourth-order valence-electron chi connectivity index (χ4n) is 1.73. The van der Waals surface area contributed by atoms with Crippen LogP contribution < -0.4 is 9.47 Å². The summed E-state index contributed by atoms with van der Waals surface area (Å²) in [6.45, 7) is 1.62. The first-order chi connectivity index (χ1) is 8.39. The number of hydrogen-bond acceptors (Lipinski definition) is 4. The Morgan fingerprint density at radius 3 is 2.50 bits per heavy atom. The summed E-state index contributed by atoms with van der Waals surface area (Å²) in [4.78, 5) is 21.3. The van der Waals surface area contributed by atoms with Crippen LogP contribution in [0.25, 0.3) is 0 Å². The molecule has 0 aliphatic carbocycles. The van der Waals surface area contributed by atoms with Gasteiger partial charge in [-0.1, -0.05) is 0 Å². The van der Waals surface area contributed by atoms with E-state index in [1.165, 1.54) is 18.2 Å². The van der Waals surface area contributed by atoms with Gasteiger partial charge in [0.25, 0.3) is 0 Å². The summed E-state index contributed by atoms with van der Waals surface area (Å²) in [5.74, 6) is -2.31. The predicted molar refractivity (Wildman–Crippen MR) is 59.9 cm³/mol. The molecule has 1 atom stereocenters. The molecule has 6 heteroatoms. The van der Waals surface area contributed by atoms with Crippen molar-refractivity contribution < 1.29 is 29.3 Å².